The summed E-state index contributed by atoms with van der Waals surface area (Å²) in [6.45, 7) is 0.487. The van der Waals surface area contributed by atoms with Crippen molar-refractivity contribution in [3.8, 4) is 0 Å². The zero-order chi connectivity index (χ0) is 17.6. The molecule has 0 unspecified atom stereocenters. The lowest BCUT2D eigenvalue weighted by Crippen LogP contribution is -2.24. The number of halogens is 1. The molecule has 0 atom stereocenters. The second-order valence-corrected chi connectivity index (χ2v) is 6.69. The first kappa shape index (κ1) is 17.5. The van der Waals surface area contributed by atoms with Crippen molar-refractivity contribution in [1.82, 2.24) is 14.6 Å². The van der Waals surface area contributed by atoms with E-state index in [4.69, 9.17) is 16.3 Å². The minimum Gasteiger partial charge on any atom is -0.459 e. The van der Waals surface area contributed by atoms with E-state index in [9.17, 15) is 9.59 Å². The topological polar surface area (TPSA) is 84.8 Å². The zero-order valence-corrected chi connectivity index (χ0v) is 14.8. The molecule has 1 amide bonds. The third-order valence-corrected chi connectivity index (χ3v) is 4.60. The average molecular weight is 379 g/mol. The van der Waals surface area contributed by atoms with Gasteiger partial charge in [-0.05, 0) is 5.56 Å². The number of esters is 1. The Morgan fingerprint density at radius 2 is 2.04 bits per heavy atom. The fourth-order valence-electron chi connectivity index (χ4n) is 2.31. The highest BCUT2D eigenvalue weighted by Gasteiger charge is 2.22. The summed E-state index contributed by atoms with van der Waals surface area (Å²) in [6.07, 6.45) is 0.740. The molecule has 1 aliphatic heterocycles. The fourth-order valence-corrected chi connectivity index (χ4v) is 2.91. The quantitative estimate of drug-likeness (QED) is 0.721. The largest absolute Gasteiger partial charge is 0.459 e. The third kappa shape index (κ3) is 4.61. The van der Waals surface area contributed by atoms with Crippen LogP contribution < -0.4 is 0 Å². The second-order valence-electron chi connectivity index (χ2n) is 5.33. The predicted molar refractivity (Wildman–Crippen MR) is 93.3 cm³/mol. The summed E-state index contributed by atoms with van der Waals surface area (Å²) in [6, 6.07) is 9.72. The van der Waals surface area contributed by atoms with Gasteiger partial charge in [-0.15, -0.1) is 5.10 Å². The van der Waals surface area contributed by atoms with Crippen LogP contribution in [-0.4, -0.2) is 38.7 Å². The van der Waals surface area contributed by atoms with Gasteiger partial charge >= 0.3 is 5.97 Å². The van der Waals surface area contributed by atoms with Crippen molar-refractivity contribution in [2.75, 3.05) is 6.54 Å². The smallest absolute Gasteiger partial charge is 0.306 e. The van der Waals surface area contributed by atoms with E-state index in [-0.39, 0.29) is 25.4 Å². The van der Waals surface area contributed by atoms with Gasteiger partial charge in [0.25, 0.3) is 0 Å². The van der Waals surface area contributed by atoms with E-state index in [0.29, 0.717) is 23.0 Å². The highest BCUT2D eigenvalue weighted by atomic mass is 35.5. The van der Waals surface area contributed by atoms with E-state index in [2.05, 4.69) is 14.7 Å². The second kappa shape index (κ2) is 8.17. The maximum absolute atomic E-state index is 12.2. The number of aromatic nitrogens is 2. The van der Waals surface area contributed by atoms with Crippen molar-refractivity contribution >= 4 is 40.7 Å². The highest BCUT2D eigenvalue weighted by Crippen LogP contribution is 2.18. The van der Waals surface area contributed by atoms with Crippen molar-refractivity contribution in [2.24, 2.45) is 5.10 Å². The maximum Gasteiger partial charge on any atom is 0.306 e. The number of carbonyl (C=O) groups excluding carboxylic acids is 2. The van der Waals surface area contributed by atoms with Gasteiger partial charge in [0.1, 0.15) is 16.6 Å². The highest BCUT2D eigenvalue weighted by molar-refractivity contribution is 7.10. The summed E-state index contributed by atoms with van der Waals surface area (Å²) >= 11 is 6.85. The third-order valence-electron chi connectivity index (χ3n) is 3.62. The van der Waals surface area contributed by atoms with Gasteiger partial charge in [0.2, 0.25) is 5.91 Å². The Balaban J connectivity index is 1.46. The monoisotopic (exact) mass is 378 g/mol. The van der Waals surface area contributed by atoms with Gasteiger partial charge in [-0.3, -0.25) is 9.59 Å². The van der Waals surface area contributed by atoms with Crippen LogP contribution in [0.25, 0.3) is 0 Å². The summed E-state index contributed by atoms with van der Waals surface area (Å²) in [5.41, 5.74) is 2.30. The lowest BCUT2D eigenvalue weighted by Gasteiger charge is -2.10. The lowest BCUT2D eigenvalue weighted by atomic mass is 10.1. The predicted octanol–water partition coefficient (Wildman–Crippen LogP) is 2.65. The van der Waals surface area contributed by atoms with E-state index in [1.54, 1.807) is 0 Å². The molecular weight excluding hydrogens is 364 g/mol. The summed E-state index contributed by atoms with van der Waals surface area (Å²) < 4.78 is 9.09. The number of ether oxygens (including phenoxy) is 1. The van der Waals surface area contributed by atoms with Gasteiger partial charge in [0, 0.05) is 24.4 Å². The van der Waals surface area contributed by atoms with Gasteiger partial charge in [0.05, 0.1) is 18.7 Å². The standard InChI is InChI=1S/C16H15ClN4O3S/c17-16-13(18-20-25-16)10-24-15(23)7-6-14(22)21-9-8-12(19-21)11-4-2-1-3-5-11/h1-5H,6-10H2. The first-order valence-electron chi connectivity index (χ1n) is 7.69. The van der Waals surface area contributed by atoms with Crippen LogP contribution in [-0.2, 0) is 20.9 Å². The van der Waals surface area contributed by atoms with Crippen LogP contribution in [0.15, 0.2) is 35.4 Å². The number of amides is 1. The molecule has 0 radical (unpaired) electrons. The summed E-state index contributed by atoms with van der Waals surface area (Å²) in [5, 5.41) is 9.51. The molecule has 2 heterocycles. The van der Waals surface area contributed by atoms with E-state index in [1.807, 2.05) is 30.3 Å². The molecule has 0 aliphatic carbocycles. The summed E-state index contributed by atoms with van der Waals surface area (Å²) in [7, 11) is 0. The van der Waals surface area contributed by atoms with Crippen LogP contribution in [0, 0.1) is 0 Å². The van der Waals surface area contributed by atoms with Crippen molar-refractivity contribution < 1.29 is 14.3 Å². The number of hydrogen-bond acceptors (Lipinski definition) is 7. The molecule has 0 N–H and O–H groups in total. The summed E-state index contributed by atoms with van der Waals surface area (Å²) in [4.78, 5) is 23.9. The molecule has 3 rings (SSSR count). The van der Waals surface area contributed by atoms with E-state index in [1.165, 1.54) is 5.01 Å². The molecule has 0 saturated heterocycles. The first-order chi connectivity index (χ1) is 12.1. The molecule has 0 saturated carbocycles. The molecule has 25 heavy (non-hydrogen) atoms. The minimum atomic E-state index is -0.483. The molecule has 9 heteroatoms. The molecule has 0 bridgehead atoms. The SMILES string of the molecule is O=C(CCC(=O)N1CCC(c2ccccc2)=N1)OCc1nnsc1Cl. The van der Waals surface area contributed by atoms with Crippen LogP contribution in [0.4, 0.5) is 0 Å². The number of nitrogens with zero attached hydrogens (tertiary/aromatic N) is 4. The Morgan fingerprint density at radius 3 is 2.76 bits per heavy atom. The first-order valence-corrected chi connectivity index (χ1v) is 8.84. The van der Waals surface area contributed by atoms with Gasteiger partial charge in [-0.2, -0.15) is 5.10 Å². The van der Waals surface area contributed by atoms with Gasteiger partial charge in [-0.25, -0.2) is 5.01 Å². The van der Waals surface area contributed by atoms with Crippen LogP contribution >= 0.6 is 23.1 Å². The van der Waals surface area contributed by atoms with Crippen molar-refractivity contribution in [2.45, 2.75) is 25.9 Å². The average Bonchev–Trinajstić information content (AvgIpc) is 3.28. The Morgan fingerprint density at radius 1 is 1.24 bits per heavy atom. The number of benzene rings is 1. The fraction of sp³-hybridized carbons (Fsp3) is 0.312. The van der Waals surface area contributed by atoms with Crippen molar-refractivity contribution in [3.63, 3.8) is 0 Å². The Bertz CT molecular complexity index is 794. The molecule has 0 spiro atoms. The van der Waals surface area contributed by atoms with Gasteiger partial charge < -0.3 is 4.74 Å². The number of rotatable bonds is 6. The van der Waals surface area contributed by atoms with Crippen LogP contribution in [0.3, 0.4) is 0 Å². The van der Waals surface area contributed by atoms with E-state index in [0.717, 1.165) is 22.8 Å². The minimum absolute atomic E-state index is 0.0132. The molecule has 7 nitrogen and oxygen atoms in total. The molecular formula is C16H15ClN4O3S. The number of carbonyl (C=O) groups is 2. The van der Waals surface area contributed by atoms with Crippen LogP contribution in [0.5, 0.6) is 0 Å². The molecule has 0 fully saturated rings. The molecule has 1 aliphatic rings. The molecule has 2 aromatic rings. The van der Waals surface area contributed by atoms with Crippen LogP contribution in [0.1, 0.15) is 30.5 Å². The van der Waals surface area contributed by atoms with Crippen molar-refractivity contribution in [3.05, 3.63) is 45.9 Å². The zero-order valence-electron chi connectivity index (χ0n) is 13.2. The lowest BCUT2D eigenvalue weighted by molar-refractivity contribution is -0.147. The normalized spacial score (nSPS) is 13.6. The van der Waals surface area contributed by atoms with Gasteiger partial charge in [0.15, 0.2) is 0 Å². The Kier molecular flexibility index (Phi) is 5.72. The number of hydrogen-bond donors (Lipinski definition) is 0. The van der Waals surface area contributed by atoms with Crippen molar-refractivity contribution in [1.29, 1.82) is 0 Å². The Hall–Kier alpha value is -2.32. The van der Waals surface area contributed by atoms with Crippen LogP contribution in [0.2, 0.25) is 4.34 Å². The summed E-state index contributed by atoms with van der Waals surface area (Å²) in [5.74, 6) is -0.680. The molecule has 1 aromatic carbocycles. The number of hydrazone groups is 1. The van der Waals surface area contributed by atoms with E-state index >= 15 is 0 Å². The molecule has 1 aromatic heterocycles. The molecule has 130 valence electrons. The Labute approximate surface area is 153 Å². The van der Waals surface area contributed by atoms with E-state index < -0.39 is 5.97 Å². The van der Waals surface area contributed by atoms with Gasteiger partial charge in [-0.1, -0.05) is 46.4 Å². The maximum atomic E-state index is 12.2.